The lowest BCUT2D eigenvalue weighted by molar-refractivity contribution is -0.143. The zero-order chi connectivity index (χ0) is 21.0. The molecule has 0 aromatic heterocycles. The third-order valence-electron chi connectivity index (χ3n) is 5.20. The standard InChI is InChI=1S/C22H24N2O5/c1-14(25)24-13-17(26)12-18(24)21(27)23-20(22(28)29)19(15-8-4-2-5-9-15)16-10-6-3-7-11-16/h2-11,17-20,26H,12-13H2,1H3,(H,23,27)(H,28,29)/t17-,18+,20-/m1/s1. The Kier molecular flexibility index (Phi) is 6.29. The molecule has 7 heteroatoms. The summed E-state index contributed by atoms with van der Waals surface area (Å²) in [5.41, 5.74) is 1.50. The summed E-state index contributed by atoms with van der Waals surface area (Å²) in [5.74, 6) is -2.71. The highest BCUT2D eigenvalue weighted by Gasteiger charge is 2.40. The van der Waals surface area contributed by atoms with Crippen molar-refractivity contribution >= 4 is 17.8 Å². The minimum Gasteiger partial charge on any atom is -0.480 e. The van der Waals surface area contributed by atoms with Crippen molar-refractivity contribution < 1.29 is 24.6 Å². The van der Waals surface area contributed by atoms with Gasteiger partial charge in [0.2, 0.25) is 11.8 Å². The Morgan fingerprint density at radius 1 is 1.00 bits per heavy atom. The number of nitrogens with one attached hydrogen (secondary N) is 1. The van der Waals surface area contributed by atoms with Gasteiger partial charge in [0.05, 0.1) is 6.10 Å². The van der Waals surface area contributed by atoms with Crippen molar-refractivity contribution in [2.75, 3.05) is 6.54 Å². The van der Waals surface area contributed by atoms with Crippen molar-refractivity contribution in [1.82, 2.24) is 10.2 Å². The van der Waals surface area contributed by atoms with Crippen molar-refractivity contribution in [3.05, 3.63) is 71.8 Å². The molecule has 2 aromatic rings. The molecule has 2 aromatic carbocycles. The van der Waals surface area contributed by atoms with E-state index in [1.807, 2.05) is 60.7 Å². The third-order valence-corrected chi connectivity index (χ3v) is 5.20. The lowest BCUT2D eigenvalue weighted by Gasteiger charge is -2.29. The summed E-state index contributed by atoms with van der Waals surface area (Å²) in [6.45, 7) is 1.38. The van der Waals surface area contributed by atoms with Crippen LogP contribution < -0.4 is 5.32 Å². The quantitative estimate of drug-likeness (QED) is 0.684. The first-order chi connectivity index (χ1) is 13.9. The molecule has 1 aliphatic rings. The van der Waals surface area contributed by atoms with Crippen LogP contribution in [0.3, 0.4) is 0 Å². The SMILES string of the molecule is CC(=O)N1C[C@H](O)C[C@H]1C(=O)N[C@@H](C(=O)O)C(c1ccccc1)c1ccccc1. The molecule has 1 fully saturated rings. The topological polar surface area (TPSA) is 107 Å². The molecule has 7 nitrogen and oxygen atoms in total. The van der Waals surface area contributed by atoms with Crippen LogP contribution in [0.5, 0.6) is 0 Å². The lowest BCUT2D eigenvalue weighted by atomic mass is 9.84. The third kappa shape index (κ3) is 4.63. The highest BCUT2D eigenvalue weighted by Crippen LogP contribution is 2.29. The number of carbonyl (C=O) groups excluding carboxylic acids is 2. The predicted molar refractivity (Wildman–Crippen MR) is 106 cm³/mol. The van der Waals surface area contributed by atoms with Crippen LogP contribution in [0.1, 0.15) is 30.4 Å². The van der Waals surface area contributed by atoms with E-state index in [0.717, 1.165) is 11.1 Å². The predicted octanol–water partition coefficient (Wildman–Crippen LogP) is 1.37. The van der Waals surface area contributed by atoms with Gasteiger partial charge in [0.1, 0.15) is 12.1 Å². The number of hydrogen-bond acceptors (Lipinski definition) is 4. The zero-order valence-corrected chi connectivity index (χ0v) is 16.1. The molecule has 29 heavy (non-hydrogen) atoms. The van der Waals surface area contributed by atoms with E-state index in [2.05, 4.69) is 5.32 Å². The van der Waals surface area contributed by atoms with Crippen LogP contribution in [0.25, 0.3) is 0 Å². The molecule has 0 aliphatic carbocycles. The molecule has 1 heterocycles. The molecule has 152 valence electrons. The van der Waals surface area contributed by atoms with Gasteiger partial charge in [-0.05, 0) is 11.1 Å². The van der Waals surface area contributed by atoms with Gasteiger partial charge in [-0.25, -0.2) is 4.79 Å². The van der Waals surface area contributed by atoms with Crippen LogP contribution in [0.4, 0.5) is 0 Å². The molecule has 0 unspecified atom stereocenters. The second-order valence-corrected chi connectivity index (χ2v) is 7.20. The number of β-amino-alcohol motifs (C(OH)–C–C–N with tert-alkyl or cyclic N) is 1. The first-order valence-electron chi connectivity index (χ1n) is 9.47. The summed E-state index contributed by atoms with van der Waals surface area (Å²) in [5, 5.41) is 22.4. The Hall–Kier alpha value is -3.19. The maximum Gasteiger partial charge on any atom is 0.327 e. The van der Waals surface area contributed by atoms with E-state index < -0.39 is 36.0 Å². The van der Waals surface area contributed by atoms with Crippen LogP contribution in [0.2, 0.25) is 0 Å². The van der Waals surface area contributed by atoms with E-state index in [1.54, 1.807) is 0 Å². The molecule has 1 saturated heterocycles. The maximum atomic E-state index is 12.9. The number of aliphatic carboxylic acids is 1. The Bertz CT molecular complexity index is 832. The highest BCUT2D eigenvalue weighted by molar-refractivity contribution is 5.91. The number of hydrogen-bond donors (Lipinski definition) is 3. The van der Waals surface area contributed by atoms with Crippen LogP contribution in [-0.2, 0) is 14.4 Å². The minimum absolute atomic E-state index is 0.0615. The van der Waals surface area contributed by atoms with Crippen molar-refractivity contribution in [3.63, 3.8) is 0 Å². The second-order valence-electron chi connectivity index (χ2n) is 7.20. The van der Waals surface area contributed by atoms with Gasteiger partial charge >= 0.3 is 5.97 Å². The van der Waals surface area contributed by atoms with Gasteiger partial charge in [-0.3, -0.25) is 9.59 Å². The number of benzene rings is 2. The van der Waals surface area contributed by atoms with E-state index in [-0.39, 0.29) is 18.9 Å². The van der Waals surface area contributed by atoms with E-state index in [4.69, 9.17) is 0 Å². The van der Waals surface area contributed by atoms with Crippen molar-refractivity contribution in [2.24, 2.45) is 0 Å². The van der Waals surface area contributed by atoms with E-state index in [1.165, 1.54) is 11.8 Å². The van der Waals surface area contributed by atoms with Gasteiger partial charge in [-0.15, -0.1) is 0 Å². The molecule has 3 atom stereocenters. The van der Waals surface area contributed by atoms with Gasteiger partial charge in [0.15, 0.2) is 0 Å². The molecule has 0 bridgehead atoms. The zero-order valence-electron chi connectivity index (χ0n) is 16.1. The number of likely N-dealkylation sites (tertiary alicyclic amines) is 1. The largest absolute Gasteiger partial charge is 0.480 e. The van der Waals surface area contributed by atoms with Crippen molar-refractivity contribution in [2.45, 2.75) is 37.5 Å². The number of rotatable bonds is 6. The fraction of sp³-hybridized carbons (Fsp3) is 0.318. The monoisotopic (exact) mass is 396 g/mol. The van der Waals surface area contributed by atoms with Crippen LogP contribution in [-0.4, -0.2) is 57.6 Å². The van der Waals surface area contributed by atoms with Crippen LogP contribution in [0.15, 0.2) is 60.7 Å². The van der Waals surface area contributed by atoms with E-state index in [0.29, 0.717) is 0 Å². The van der Waals surface area contributed by atoms with Crippen molar-refractivity contribution in [1.29, 1.82) is 0 Å². The smallest absolute Gasteiger partial charge is 0.327 e. The van der Waals surface area contributed by atoms with Gasteiger partial charge in [0.25, 0.3) is 0 Å². The van der Waals surface area contributed by atoms with Crippen LogP contribution >= 0.6 is 0 Å². The first kappa shape index (κ1) is 20.5. The Labute approximate surface area is 169 Å². The molecule has 0 spiro atoms. The van der Waals surface area contributed by atoms with Gasteiger partial charge in [0, 0.05) is 25.8 Å². The summed E-state index contributed by atoms with van der Waals surface area (Å²) in [4.78, 5) is 38.2. The average molecular weight is 396 g/mol. The average Bonchev–Trinajstić information content (AvgIpc) is 3.11. The molecule has 3 N–H and O–H groups in total. The van der Waals surface area contributed by atoms with Gasteiger partial charge < -0.3 is 20.4 Å². The van der Waals surface area contributed by atoms with Gasteiger partial charge in [-0.2, -0.15) is 0 Å². The number of carboxylic acid groups (broad SMARTS) is 1. The number of aliphatic hydroxyl groups excluding tert-OH is 1. The summed E-state index contributed by atoms with van der Waals surface area (Å²) in [7, 11) is 0. The molecule has 0 radical (unpaired) electrons. The van der Waals surface area contributed by atoms with Gasteiger partial charge in [-0.1, -0.05) is 60.7 Å². The summed E-state index contributed by atoms with van der Waals surface area (Å²) in [6, 6.07) is 16.1. The summed E-state index contributed by atoms with van der Waals surface area (Å²) < 4.78 is 0. The normalized spacial score (nSPS) is 19.8. The number of nitrogens with zero attached hydrogens (tertiary/aromatic N) is 1. The number of aliphatic hydroxyl groups is 1. The number of carbonyl (C=O) groups is 3. The highest BCUT2D eigenvalue weighted by atomic mass is 16.4. The lowest BCUT2D eigenvalue weighted by Crippen LogP contribution is -2.52. The maximum absolute atomic E-state index is 12.9. The van der Waals surface area contributed by atoms with E-state index in [9.17, 15) is 24.6 Å². The fourth-order valence-corrected chi connectivity index (χ4v) is 3.85. The molecule has 1 aliphatic heterocycles. The minimum atomic E-state index is -1.24. The Balaban J connectivity index is 1.93. The van der Waals surface area contributed by atoms with Crippen molar-refractivity contribution in [3.8, 4) is 0 Å². The number of carboxylic acids is 1. The fourth-order valence-electron chi connectivity index (χ4n) is 3.85. The number of amides is 2. The first-order valence-corrected chi connectivity index (χ1v) is 9.47. The second kappa shape index (κ2) is 8.87. The van der Waals surface area contributed by atoms with E-state index >= 15 is 0 Å². The molecule has 0 saturated carbocycles. The molecule has 2 amide bonds. The van der Waals surface area contributed by atoms with Crippen LogP contribution in [0, 0.1) is 0 Å². The summed E-state index contributed by atoms with van der Waals surface area (Å²) in [6.07, 6.45) is -0.726. The molecular formula is C22H24N2O5. The molecule has 3 rings (SSSR count). The molecular weight excluding hydrogens is 372 g/mol. The Morgan fingerprint density at radius 3 is 1.97 bits per heavy atom. The summed E-state index contributed by atoms with van der Waals surface area (Å²) >= 11 is 0. The Morgan fingerprint density at radius 2 is 1.52 bits per heavy atom.